The molecule has 0 aliphatic heterocycles. The van der Waals surface area contributed by atoms with Crippen LogP contribution in [0.15, 0.2) is 52.9 Å². The molecule has 6 heteroatoms. The van der Waals surface area contributed by atoms with E-state index in [1.54, 1.807) is 0 Å². The minimum Gasteiger partial charge on any atom is -0.484 e. The number of ether oxygens (including phenoxy) is 1. The summed E-state index contributed by atoms with van der Waals surface area (Å²) in [6.07, 6.45) is 0. The van der Waals surface area contributed by atoms with Crippen LogP contribution in [0, 0.1) is 6.92 Å². The summed E-state index contributed by atoms with van der Waals surface area (Å²) in [5.41, 5.74) is 2.04. The van der Waals surface area contributed by atoms with E-state index in [-0.39, 0.29) is 6.61 Å². The largest absolute Gasteiger partial charge is 0.484 e. The fourth-order valence-corrected chi connectivity index (χ4v) is 2.21. The molecule has 1 aromatic heterocycles. The first-order chi connectivity index (χ1) is 11.2. The molecule has 0 atom stereocenters. The van der Waals surface area contributed by atoms with Gasteiger partial charge in [-0.3, -0.25) is 0 Å². The Balaban J connectivity index is 1.56. The number of aromatic nitrogens is 2. The second kappa shape index (κ2) is 7.15. The predicted octanol–water partition coefficient (Wildman–Crippen LogP) is 4.22. The molecule has 0 bridgehead atoms. The summed E-state index contributed by atoms with van der Waals surface area (Å²) < 4.78 is 11.1. The maximum atomic E-state index is 5.99. The second-order valence-corrected chi connectivity index (χ2v) is 5.44. The summed E-state index contributed by atoms with van der Waals surface area (Å²) in [7, 11) is 0. The number of halogens is 1. The minimum atomic E-state index is 0.243. The molecule has 2 aromatic carbocycles. The van der Waals surface area contributed by atoms with Gasteiger partial charge in [0.05, 0.1) is 6.54 Å². The van der Waals surface area contributed by atoms with Crippen molar-refractivity contribution < 1.29 is 9.15 Å². The highest BCUT2D eigenvalue weighted by molar-refractivity contribution is 6.30. The minimum absolute atomic E-state index is 0.243. The monoisotopic (exact) mass is 329 g/mol. The van der Waals surface area contributed by atoms with E-state index in [1.807, 2.05) is 55.5 Å². The molecule has 0 saturated heterocycles. The highest BCUT2D eigenvalue weighted by Gasteiger charge is 2.07. The number of para-hydroxylation sites is 1. The van der Waals surface area contributed by atoms with Crippen molar-refractivity contribution in [2.75, 3.05) is 5.32 Å². The number of anilines is 1. The van der Waals surface area contributed by atoms with Gasteiger partial charge in [-0.2, -0.15) is 0 Å². The summed E-state index contributed by atoms with van der Waals surface area (Å²) >= 11 is 5.99. The molecule has 3 aromatic rings. The molecule has 0 amide bonds. The Morgan fingerprint density at radius 2 is 1.87 bits per heavy atom. The first-order valence-electron chi connectivity index (χ1n) is 7.20. The molecule has 0 radical (unpaired) electrons. The van der Waals surface area contributed by atoms with Crippen LogP contribution in [0.4, 0.5) is 5.69 Å². The Bertz CT molecular complexity index is 775. The number of nitrogens with zero attached hydrogens (tertiary/aromatic N) is 2. The first kappa shape index (κ1) is 15.4. The van der Waals surface area contributed by atoms with Crippen LogP contribution in [0.5, 0.6) is 5.75 Å². The lowest BCUT2D eigenvalue weighted by molar-refractivity contribution is 0.259. The summed E-state index contributed by atoms with van der Waals surface area (Å²) in [6, 6.07) is 15.2. The molecule has 0 aliphatic rings. The van der Waals surface area contributed by atoms with Gasteiger partial charge in [0.15, 0.2) is 6.61 Å². The van der Waals surface area contributed by atoms with Crippen molar-refractivity contribution in [3.05, 3.63) is 70.9 Å². The van der Waals surface area contributed by atoms with Crippen molar-refractivity contribution in [1.82, 2.24) is 10.2 Å². The molecular weight excluding hydrogens is 314 g/mol. The van der Waals surface area contributed by atoms with Gasteiger partial charge in [0.2, 0.25) is 5.89 Å². The summed E-state index contributed by atoms with van der Waals surface area (Å²) in [5.74, 6) is 1.70. The van der Waals surface area contributed by atoms with Gasteiger partial charge in [-0.15, -0.1) is 10.2 Å². The van der Waals surface area contributed by atoms with Crippen LogP contribution in [0.1, 0.15) is 17.3 Å². The van der Waals surface area contributed by atoms with Crippen molar-refractivity contribution in [2.45, 2.75) is 20.1 Å². The highest BCUT2D eigenvalue weighted by Crippen LogP contribution is 2.20. The SMILES string of the molecule is Cc1ccc(Cl)cc1NCc1nnc(COc2ccccc2)o1. The Hall–Kier alpha value is -2.53. The van der Waals surface area contributed by atoms with E-state index in [4.69, 9.17) is 20.8 Å². The lowest BCUT2D eigenvalue weighted by atomic mass is 10.2. The number of hydrogen-bond acceptors (Lipinski definition) is 5. The molecule has 0 saturated carbocycles. The standard InChI is InChI=1S/C17H16ClN3O2/c1-12-7-8-13(18)9-15(12)19-10-16-20-21-17(23-16)11-22-14-5-3-2-4-6-14/h2-9,19H,10-11H2,1H3. The number of benzene rings is 2. The van der Waals surface area contributed by atoms with E-state index >= 15 is 0 Å². The van der Waals surface area contributed by atoms with Gasteiger partial charge in [0.25, 0.3) is 5.89 Å². The molecule has 118 valence electrons. The molecule has 0 spiro atoms. The maximum Gasteiger partial charge on any atom is 0.253 e. The maximum absolute atomic E-state index is 5.99. The third-order valence-electron chi connectivity index (χ3n) is 3.24. The molecule has 5 nitrogen and oxygen atoms in total. The number of hydrogen-bond donors (Lipinski definition) is 1. The normalized spacial score (nSPS) is 10.5. The van der Waals surface area contributed by atoms with Crippen LogP contribution in [0.25, 0.3) is 0 Å². The quantitative estimate of drug-likeness (QED) is 0.733. The lowest BCUT2D eigenvalue weighted by Gasteiger charge is -2.07. The van der Waals surface area contributed by atoms with Crippen molar-refractivity contribution in [1.29, 1.82) is 0 Å². The van der Waals surface area contributed by atoms with Crippen LogP contribution in [-0.4, -0.2) is 10.2 Å². The zero-order valence-corrected chi connectivity index (χ0v) is 13.4. The van der Waals surface area contributed by atoms with E-state index in [9.17, 15) is 0 Å². The molecule has 0 fully saturated rings. The van der Waals surface area contributed by atoms with Crippen molar-refractivity contribution in [2.24, 2.45) is 0 Å². The Labute approximate surface area is 139 Å². The van der Waals surface area contributed by atoms with Crippen molar-refractivity contribution in [3.63, 3.8) is 0 Å². The van der Waals surface area contributed by atoms with Gasteiger partial charge in [0, 0.05) is 10.7 Å². The molecule has 1 heterocycles. The number of nitrogens with one attached hydrogen (secondary N) is 1. The average molecular weight is 330 g/mol. The third kappa shape index (κ3) is 4.23. The van der Waals surface area contributed by atoms with Crippen LogP contribution in [0.2, 0.25) is 5.02 Å². The van der Waals surface area contributed by atoms with Gasteiger partial charge in [-0.05, 0) is 36.8 Å². The fraction of sp³-hybridized carbons (Fsp3) is 0.176. The van der Waals surface area contributed by atoms with Crippen molar-refractivity contribution in [3.8, 4) is 5.75 Å². The zero-order valence-electron chi connectivity index (χ0n) is 12.6. The average Bonchev–Trinajstić information content (AvgIpc) is 3.03. The van der Waals surface area contributed by atoms with Gasteiger partial charge < -0.3 is 14.5 Å². The zero-order chi connectivity index (χ0) is 16.1. The fourth-order valence-electron chi connectivity index (χ4n) is 2.04. The molecular formula is C17H16ClN3O2. The van der Waals surface area contributed by atoms with Crippen LogP contribution >= 0.6 is 11.6 Å². The highest BCUT2D eigenvalue weighted by atomic mass is 35.5. The topological polar surface area (TPSA) is 60.2 Å². The van der Waals surface area contributed by atoms with Gasteiger partial charge >= 0.3 is 0 Å². The van der Waals surface area contributed by atoms with Crippen LogP contribution in [0.3, 0.4) is 0 Å². The third-order valence-corrected chi connectivity index (χ3v) is 3.48. The molecule has 23 heavy (non-hydrogen) atoms. The molecule has 0 aliphatic carbocycles. The molecule has 3 rings (SSSR count). The number of rotatable bonds is 6. The first-order valence-corrected chi connectivity index (χ1v) is 7.57. The van der Waals surface area contributed by atoms with E-state index < -0.39 is 0 Å². The Morgan fingerprint density at radius 1 is 1.09 bits per heavy atom. The Morgan fingerprint density at radius 3 is 2.70 bits per heavy atom. The van der Waals surface area contributed by atoms with Crippen LogP contribution < -0.4 is 10.1 Å². The van der Waals surface area contributed by atoms with E-state index in [0.29, 0.717) is 23.3 Å². The van der Waals surface area contributed by atoms with Gasteiger partial charge in [0.1, 0.15) is 5.75 Å². The van der Waals surface area contributed by atoms with Gasteiger partial charge in [-0.25, -0.2) is 0 Å². The summed E-state index contributed by atoms with van der Waals surface area (Å²) in [5, 5.41) is 11.9. The summed E-state index contributed by atoms with van der Waals surface area (Å²) in [6.45, 7) is 2.68. The van der Waals surface area contributed by atoms with E-state index in [0.717, 1.165) is 17.0 Å². The van der Waals surface area contributed by atoms with Crippen LogP contribution in [-0.2, 0) is 13.2 Å². The summed E-state index contributed by atoms with van der Waals surface area (Å²) in [4.78, 5) is 0. The van der Waals surface area contributed by atoms with Gasteiger partial charge in [-0.1, -0.05) is 35.9 Å². The second-order valence-electron chi connectivity index (χ2n) is 5.00. The predicted molar refractivity (Wildman–Crippen MR) is 88.6 cm³/mol. The molecule has 0 unspecified atom stereocenters. The smallest absolute Gasteiger partial charge is 0.253 e. The van der Waals surface area contributed by atoms with E-state index in [1.165, 1.54) is 0 Å². The Kier molecular flexibility index (Phi) is 4.78. The van der Waals surface area contributed by atoms with Crippen molar-refractivity contribution >= 4 is 17.3 Å². The lowest BCUT2D eigenvalue weighted by Crippen LogP contribution is -2.01. The molecule has 1 N–H and O–H groups in total. The van der Waals surface area contributed by atoms with E-state index in [2.05, 4.69) is 15.5 Å². The number of aryl methyl sites for hydroxylation is 1.